The number of nitrogens with one attached hydrogen (secondary N) is 1. The highest BCUT2D eigenvalue weighted by atomic mass is 16.5. The molecule has 0 amide bonds. The van der Waals surface area contributed by atoms with Crippen LogP contribution >= 0.6 is 0 Å². The fraction of sp³-hybridized carbons (Fsp3) is 0.938. The Labute approximate surface area is 124 Å². The van der Waals surface area contributed by atoms with Crippen LogP contribution in [0.3, 0.4) is 0 Å². The summed E-state index contributed by atoms with van der Waals surface area (Å²) >= 11 is 0. The van der Waals surface area contributed by atoms with Gasteiger partial charge in [0.15, 0.2) is 0 Å². The average Bonchev–Trinajstić information content (AvgIpc) is 2.38. The average molecular weight is 284 g/mol. The van der Waals surface area contributed by atoms with Gasteiger partial charge in [0.25, 0.3) is 0 Å². The quantitative estimate of drug-likeness (QED) is 0.694. The van der Waals surface area contributed by atoms with E-state index in [0.717, 1.165) is 38.5 Å². The van der Waals surface area contributed by atoms with E-state index in [1.165, 1.54) is 6.42 Å². The molecule has 4 nitrogen and oxygen atoms in total. The maximum absolute atomic E-state index is 11.7. The summed E-state index contributed by atoms with van der Waals surface area (Å²) in [4.78, 5) is 14.1. The van der Waals surface area contributed by atoms with Crippen molar-refractivity contribution < 1.29 is 9.53 Å². The first-order valence-corrected chi connectivity index (χ1v) is 8.16. The summed E-state index contributed by atoms with van der Waals surface area (Å²) in [6.07, 6.45) is 2.87. The number of hydrogen-bond acceptors (Lipinski definition) is 4. The number of likely N-dealkylation sites (N-methyl/N-ethyl adjacent to an activating group) is 1. The van der Waals surface area contributed by atoms with Gasteiger partial charge in [0.05, 0.1) is 6.61 Å². The van der Waals surface area contributed by atoms with Gasteiger partial charge in [0, 0.05) is 25.6 Å². The zero-order valence-corrected chi connectivity index (χ0v) is 13.7. The van der Waals surface area contributed by atoms with E-state index < -0.39 is 0 Å². The molecule has 0 aromatic rings. The molecule has 0 radical (unpaired) electrons. The van der Waals surface area contributed by atoms with Crippen LogP contribution in [0.1, 0.15) is 47.0 Å². The first-order valence-electron chi connectivity index (χ1n) is 8.16. The lowest BCUT2D eigenvalue weighted by molar-refractivity contribution is -0.144. The number of rotatable bonds is 8. The number of carbonyl (C=O) groups is 1. The van der Waals surface area contributed by atoms with Crippen molar-refractivity contribution in [3.05, 3.63) is 0 Å². The van der Waals surface area contributed by atoms with E-state index in [9.17, 15) is 4.79 Å². The maximum Gasteiger partial charge on any atom is 0.306 e. The van der Waals surface area contributed by atoms with E-state index in [1.807, 2.05) is 6.92 Å². The smallest absolute Gasteiger partial charge is 0.306 e. The Morgan fingerprint density at radius 3 is 2.70 bits per heavy atom. The highest BCUT2D eigenvalue weighted by Crippen LogP contribution is 2.20. The SMILES string of the molecule is CCOC(=O)CC1CC(NCCC(C)C)CN(CC)C1. The van der Waals surface area contributed by atoms with E-state index in [-0.39, 0.29) is 5.97 Å². The largest absolute Gasteiger partial charge is 0.466 e. The summed E-state index contributed by atoms with van der Waals surface area (Å²) in [6, 6.07) is 0.516. The Morgan fingerprint density at radius 2 is 2.10 bits per heavy atom. The van der Waals surface area contributed by atoms with Gasteiger partial charge in [-0.05, 0) is 44.7 Å². The summed E-state index contributed by atoms with van der Waals surface area (Å²) in [5.41, 5.74) is 0. The molecule has 1 aliphatic rings. The molecule has 118 valence electrons. The highest BCUT2D eigenvalue weighted by molar-refractivity contribution is 5.69. The number of ether oxygens (including phenoxy) is 1. The van der Waals surface area contributed by atoms with E-state index in [1.54, 1.807) is 0 Å². The lowest BCUT2D eigenvalue weighted by atomic mass is 9.91. The molecular formula is C16H32N2O2. The number of nitrogens with zero attached hydrogens (tertiary/aromatic N) is 1. The molecule has 1 N–H and O–H groups in total. The van der Waals surface area contributed by atoms with Crippen molar-refractivity contribution >= 4 is 5.97 Å². The first kappa shape index (κ1) is 17.4. The minimum absolute atomic E-state index is 0.0450. The molecule has 0 saturated carbocycles. The van der Waals surface area contributed by atoms with Gasteiger partial charge in [-0.1, -0.05) is 20.8 Å². The molecule has 0 aromatic heterocycles. The van der Waals surface area contributed by atoms with Gasteiger partial charge in [0.2, 0.25) is 0 Å². The molecule has 1 heterocycles. The molecule has 4 heteroatoms. The molecule has 1 fully saturated rings. The van der Waals surface area contributed by atoms with Crippen molar-refractivity contribution in [1.82, 2.24) is 10.2 Å². The minimum Gasteiger partial charge on any atom is -0.466 e. The number of carbonyl (C=O) groups excluding carboxylic acids is 1. The van der Waals surface area contributed by atoms with Gasteiger partial charge in [-0.2, -0.15) is 0 Å². The van der Waals surface area contributed by atoms with Crippen molar-refractivity contribution in [3.63, 3.8) is 0 Å². The third kappa shape index (κ3) is 6.71. The number of hydrogen-bond donors (Lipinski definition) is 1. The van der Waals surface area contributed by atoms with Crippen molar-refractivity contribution in [3.8, 4) is 0 Å². The first-order chi connectivity index (χ1) is 9.55. The van der Waals surface area contributed by atoms with E-state index in [0.29, 0.717) is 25.0 Å². The molecule has 1 saturated heterocycles. The Kier molecular flexibility index (Phi) is 8.15. The van der Waals surface area contributed by atoms with Crippen molar-refractivity contribution in [2.24, 2.45) is 11.8 Å². The van der Waals surface area contributed by atoms with Crippen LogP contribution < -0.4 is 5.32 Å². The van der Waals surface area contributed by atoms with E-state index in [4.69, 9.17) is 4.74 Å². The lowest BCUT2D eigenvalue weighted by Crippen LogP contribution is -2.49. The molecule has 0 aliphatic carbocycles. The molecule has 1 rings (SSSR count). The normalized spacial score (nSPS) is 24.1. The predicted octanol–water partition coefficient (Wildman–Crippen LogP) is 2.29. The summed E-state index contributed by atoms with van der Waals surface area (Å²) in [7, 11) is 0. The Bertz CT molecular complexity index is 282. The van der Waals surface area contributed by atoms with Gasteiger partial charge in [0.1, 0.15) is 0 Å². The monoisotopic (exact) mass is 284 g/mol. The fourth-order valence-electron chi connectivity index (χ4n) is 2.89. The third-order valence-corrected chi connectivity index (χ3v) is 3.98. The van der Waals surface area contributed by atoms with Crippen molar-refractivity contribution in [1.29, 1.82) is 0 Å². The zero-order valence-electron chi connectivity index (χ0n) is 13.7. The summed E-state index contributed by atoms with van der Waals surface area (Å²) < 4.78 is 5.08. The highest BCUT2D eigenvalue weighted by Gasteiger charge is 2.27. The molecule has 0 spiro atoms. The molecule has 1 aliphatic heterocycles. The van der Waals surface area contributed by atoms with E-state index >= 15 is 0 Å². The van der Waals surface area contributed by atoms with Gasteiger partial charge < -0.3 is 15.0 Å². The summed E-state index contributed by atoms with van der Waals surface area (Å²) in [5.74, 6) is 1.12. The number of esters is 1. The second kappa shape index (κ2) is 9.35. The summed E-state index contributed by atoms with van der Waals surface area (Å²) in [5, 5.41) is 3.66. The second-order valence-corrected chi connectivity index (χ2v) is 6.30. The van der Waals surface area contributed by atoms with E-state index in [2.05, 4.69) is 31.0 Å². The Morgan fingerprint density at radius 1 is 1.35 bits per heavy atom. The number of likely N-dealkylation sites (tertiary alicyclic amines) is 1. The van der Waals surface area contributed by atoms with Gasteiger partial charge in [-0.15, -0.1) is 0 Å². The van der Waals surface area contributed by atoms with Crippen LogP contribution in [0.15, 0.2) is 0 Å². The fourth-order valence-corrected chi connectivity index (χ4v) is 2.89. The van der Waals surface area contributed by atoms with Gasteiger partial charge >= 0.3 is 5.97 Å². The molecule has 0 bridgehead atoms. The molecule has 20 heavy (non-hydrogen) atoms. The minimum atomic E-state index is -0.0450. The summed E-state index contributed by atoms with van der Waals surface area (Å²) in [6.45, 7) is 13.3. The molecule has 2 unspecified atom stereocenters. The van der Waals surface area contributed by atoms with Crippen LogP contribution in [0.2, 0.25) is 0 Å². The van der Waals surface area contributed by atoms with Crippen LogP contribution in [0.4, 0.5) is 0 Å². The van der Waals surface area contributed by atoms with Crippen molar-refractivity contribution in [2.75, 3.05) is 32.8 Å². The maximum atomic E-state index is 11.7. The predicted molar refractivity (Wildman–Crippen MR) is 82.7 cm³/mol. The standard InChI is InChI=1S/C16H32N2O2/c1-5-18-11-14(10-16(19)20-6-2)9-15(12-18)17-8-7-13(3)4/h13-15,17H,5-12H2,1-4H3. The van der Waals surface area contributed by atoms with Crippen molar-refractivity contribution in [2.45, 2.75) is 53.0 Å². The van der Waals surface area contributed by atoms with Crippen LogP contribution in [0, 0.1) is 11.8 Å². The van der Waals surface area contributed by atoms with Crippen LogP contribution in [0.5, 0.6) is 0 Å². The Hall–Kier alpha value is -0.610. The molecule has 2 atom stereocenters. The number of piperidine rings is 1. The molecular weight excluding hydrogens is 252 g/mol. The second-order valence-electron chi connectivity index (χ2n) is 6.30. The Balaban J connectivity index is 2.40. The topological polar surface area (TPSA) is 41.6 Å². The van der Waals surface area contributed by atoms with Crippen LogP contribution in [-0.2, 0) is 9.53 Å². The molecule has 0 aromatic carbocycles. The lowest BCUT2D eigenvalue weighted by Gasteiger charge is -2.37. The van der Waals surface area contributed by atoms with Gasteiger partial charge in [-0.3, -0.25) is 4.79 Å². The van der Waals surface area contributed by atoms with Gasteiger partial charge in [-0.25, -0.2) is 0 Å². The third-order valence-electron chi connectivity index (χ3n) is 3.98. The van der Waals surface area contributed by atoms with Crippen LogP contribution in [0.25, 0.3) is 0 Å². The van der Waals surface area contributed by atoms with Crippen LogP contribution in [-0.4, -0.2) is 49.7 Å². The zero-order chi connectivity index (χ0) is 15.0.